The van der Waals surface area contributed by atoms with Gasteiger partial charge in [-0.1, -0.05) is 0 Å². The molecule has 0 radical (unpaired) electrons. The molecule has 0 spiro atoms. The van der Waals surface area contributed by atoms with Crippen molar-refractivity contribution in [3.05, 3.63) is 0 Å². The molecule has 0 aromatic heterocycles. The van der Waals surface area contributed by atoms with Gasteiger partial charge in [-0.25, -0.2) is 0 Å². The molecule has 0 aromatic carbocycles. The van der Waals surface area contributed by atoms with Gasteiger partial charge in [-0.15, -0.1) is 0 Å². The van der Waals surface area contributed by atoms with E-state index in [-0.39, 0.29) is 9.45 Å². The second kappa shape index (κ2) is 2.86. The molecule has 0 aromatic rings. The first-order valence-corrected chi connectivity index (χ1v) is 3.87. The molecular weight excluding hydrogens is 229 g/mol. The maximum atomic E-state index is 10.7. The first kappa shape index (κ1) is 9.20. The average molecular weight is 241 g/mol. The third kappa shape index (κ3) is 3.03. The van der Waals surface area contributed by atoms with Crippen molar-refractivity contribution in [1.82, 2.24) is 4.90 Å². The lowest BCUT2D eigenvalue weighted by Crippen LogP contribution is -2.39. The maximum absolute atomic E-state index is 10.7. The highest BCUT2D eigenvalue weighted by atomic mass is 127. The molecule has 0 N–H and O–H groups in total. The summed E-state index contributed by atoms with van der Waals surface area (Å²) in [5.41, 5.74) is -0.0434. The van der Waals surface area contributed by atoms with E-state index in [1.807, 2.05) is 20.8 Å². The molecule has 0 aliphatic carbocycles. The molecule has 9 heavy (non-hydrogen) atoms. The lowest BCUT2D eigenvalue weighted by Gasteiger charge is -2.29. The quantitative estimate of drug-likeness (QED) is 0.362. The minimum Gasteiger partial charge on any atom is -0.332 e. The molecule has 2 nitrogen and oxygen atoms in total. The summed E-state index contributed by atoms with van der Waals surface area (Å²) < 4.78 is 0.0834. The highest BCUT2D eigenvalue weighted by Crippen LogP contribution is 2.13. The largest absolute Gasteiger partial charge is 0.332 e. The zero-order valence-corrected chi connectivity index (χ0v) is 8.39. The van der Waals surface area contributed by atoms with E-state index in [0.717, 1.165) is 0 Å². The van der Waals surface area contributed by atoms with Crippen LogP contribution in [-0.4, -0.2) is 21.4 Å². The molecule has 0 rings (SSSR count). The third-order valence-electron chi connectivity index (χ3n) is 1.27. The summed E-state index contributed by atoms with van der Waals surface area (Å²) in [4.78, 5) is 12.4. The van der Waals surface area contributed by atoms with Gasteiger partial charge >= 0.3 is 0 Å². The fourth-order valence-corrected chi connectivity index (χ4v) is 0.987. The van der Waals surface area contributed by atoms with Crippen molar-refractivity contribution in [2.24, 2.45) is 0 Å². The third-order valence-corrected chi connectivity index (χ3v) is 1.99. The van der Waals surface area contributed by atoms with Crippen LogP contribution in [0.15, 0.2) is 0 Å². The standard InChI is InChI=1S/C6H12INO/c1-6(2,3)8(4)5(7)9/h1-4H3. The summed E-state index contributed by atoms with van der Waals surface area (Å²) in [5.74, 6) is 0. The number of carbonyl (C=O) groups is 1. The first-order chi connectivity index (χ1) is 3.85. The van der Waals surface area contributed by atoms with Crippen LogP contribution in [0.4, 0.5) is 4.79 Å². The molecule has 0 atom stereocenters. The first-order valence-electron chi connectivity index (χ1n) is 2.79. The number of hydrogen-bond acceptors (Lipinski definition) is 1. The number of hydrogen-bond donors (Lipinski definition) is 0. The summed E-state index contributed by atoms with van der Waals surface area (Å²) >= 11 is 1.78. The normalized spacial score (nSPS) is 11.2. The summed E-state index contributed by atoms with van der Waals surface area (Å²) in [7, 11) is 1.80. The van der Waals surface area contributed by atoms with E-state index in [0.29, 0.717) is 0 Å². The van der Waals surface area contributed by atoms with Gasteiger partial charge in [0.05, 0.1) is 0 Å². The predicted molar refractivity (Wildman–Crippen MR) is 46.9 cm³/mol. The van der Waals surface area contributed by atoms with Gasteiger partial charge in [-0.2, -0.15) is 0 Å². The minimum absolute atomic E-state index is 0.0434. The van der Waals surface area contributed by atoms with Crippen molar-refractivity contribution >= 4 is 26.5 Å². The Morgan fingerprint density at radius 1 is 1.44 bits per heavy atom. The molecule has 0 unspecified atom stereocenters. The van der Waals surface area contributed by atoms with Gasteiger partial charge in [-0.3, -0.25) is 4.79 Å². The van der Waals surface area contributed by atoms with Crippen LogP contribution in [0.2, 0.25) is 0 Å². The van der Waals surface area contributed by atoms with E-state index in [9.17, 15) is 4.79 Å². The number of carbonyl (C=O) groups excluding carboxylic acids is 1. The Balaban J connectivity index is 4.04. The Kier molecular flexibility index (Phi) is 2.92. The number of nitrogens with zero attached hydrogens (tertiary/aromatic N) is 1. The van der Waals surface area contributed by atoms with Crippen LogP contribution in [0.5, 0.6) is 0 Å². The van der Waals surface area contributed by atoms with Gasteiger partial charge in [0, 0.05) is 35.2 Å². The number of halogens is 1. The van der Waals surface area contributed by atoms with Crippen molar-refractivity contribution in [2.75, 3.05) is 7.05 Å². The lowest BCUT2D eigenvalue weighted by molar-refractivity contribution is 0.193. The molecule has 3 heteroatoms. The molecule has 0 aliphatic heterocycles. The van der Waals surface area contributed by atoms with Gasteiger partial charge in [0.2, 0.25) is 0 Å². The molecule has 0 saturated carbocycles. The molecule has 1 amide bonds. The van der Waals surface area contributed by atoms with E-state index >= 15 is 0 Å². The van der Waals surface area contributed by atoms with Gasteiger partial charge in [0.15, 0.2) is 0 Å². The predicted octanol–water partition coefficient (Wildman–Crippen LogP) is 2.27. The number of rotatable bonds is 0. The Bertz CT molecular complexity index is 117. The van der Waals surface area contributed by atoms with Crippen LogP contribution in [0.25, 0.3) is 0 Å². The van der Waals surface area contributed by atoms with E-state index < -0.39 is 0 Å². The molecule has 54 valence electrons. The van der Waals surface area contributed by atoms with E-state index in [4.69, 9.17) is 0 Å². The lowest BCUT2D eigenvalue weighted by atomic mass is 10.1. The monoisotopic (exact) mass is 241 g/mol. The molecule has 0 aliphatic rings. The molecule has 0 saturated heterocycles. The van der Waals surface area contributed by atoms with Crippen molar-refractivity contribution in [3.63, 3.8) is 0 Å². The molecule has 0 heterocycles. The highest BCUT2D eigenvalue weighted by molar-refractivity contribution is 14.1. The van der Waals surface area contributed by atoms with Crippen LogP contribution in [0.1, 0.15) is 20.8 Å². The van der Waals surface area contributed by atoms with Gasteiger partial charge in [0.1, 0.15) is 0 Å². The van der Waals surface area contributed by atoms with Crippen LogP contribution in [0, 0.1) is 0 Å². The zero-order chi connectivity index (χ0) is 7.65. The topological polar surface area (TPSA) is 20.3 Å². The Morgan fingerprint density at radius 2 is 1.78 bits per heavy atom. The van der Waals surface area contributed by atoms with Crippen molar-refractivity contribution < 1.29 is 4.79 Å². The Morgan fingerprint density at radius 3 is 1.78 bits per heavy atom. The van der Waals surface area contributed by atoms with E-state index in [1.165, 1.54) is 0 Å². The Hall–Kier alpha value is 0.200. The van der Waals surface area contributed by atoms with Crippen molar-refractivity contribution in [2.45, 2.75) is 26.3 Å². The van der Waals surface area contributed by atoms with Crippen LogP contribution in [-0.2, 0) is 0 Å². The van der Waals surface area contributed by atoms with Crippen molar-refractivity contribution in [1.29, 1.82) is 0 Å². The van der Waals surface area contributed by atoms with Crippen LogP contribution in [0.3, 0.4) is 0 Å². The Labute approximate surface area is 69.7 Å². The fourth-order valence-electron chi connectivity index (χ4n) is 0.264. The molecule has 0 bridgehead atoms. The number of amides is 1. The fraction of sp³-hybridized carbons (Fsp3) is 0.833. The van der Waals surface area contributed by atoms with Gasteiger partial charge < -0.3 is 4.90 Å². The summed E-state index contributed by atoms with van der Waals surface area (Å²) in [5, 5.41) is 0. The second-order valence-electron chi connectivity index (χ2n) is 2.98. The van der Waals surface area contributed by atoms with Crippen LogP contribution >= 0.6 is 22.6 Å². The second-order valence-corrected chi connectivity index (χ2v) is 3.91. The smallest absolute Gasteiger partial charge is 0.283 e. The summed E-state index contributed by atoms with van der Waals surface area (Å²) in [6.45, 7) is 6.01. The summed E-state index contributed by atoms with van der Waals surface area (Å²) in [6.07, 6.45) is 0. The minimum atomic E-state index is -0.0434. The molecule has 0 fully saturated rings. The highest BCUT2D eigenvalue weighted by Gasteiger charge is 2.19. The zero-order valence-electron chi connectivity index (χ0n) is 6.23. The summed E-state index contributed by atoms with van der Waals surface area (Å²) in [6, 6.07) is 0. The van der Waals surface area contributed by atoms with E-state index in [2.05, 4.69) is 0 Å². The molecular formula is C6H12INO. The van der Waals surface area contributed by atoms with Gasteiger partial charge in [0.25, 0.3) is 3.91 Å². The SMILES string of the molecule is CN(C(=O)I)C(C)(C)C. The average Bonchev–Trinajstić information content (AvgIpc) is 1.62. The van der Waals surface area contributed by atoms with Crippen molar-refractivity contribution in [3.8, 4) is 0 Å². The van der Waals surface area contributed by atoms with E-state index in [1.54, 1.807) is 34.5 Å². The maximum Gasteiger partial charge on any atom is 0.283 e. The van der Waals surface area contributed by atoms with Crippen LogP contribution < -0.4 is 0 Å². The van der Waals surface area contributed by atoms with Gasteiger partial charge in [-0.05, 0) is 20.8 Å².